The number of nitrogens with one attached hydrogen (secondary N) is 2. The quantitative estimate of drug-likeness (QED) is 0.623. The van der Waals surface area contributed by atoms with Crippen LogP contribution in [0.1, 0.15) is 28.8 Å². The average molecular weight is 435 g/mol. The Labute approximate surface area is 170 Å². The molecule has 8 heteroatoms. The van der Waals surface area contributed by atoms with Crippen LogP contribution in [-0.2, 0) is 5.41 Å². The Morgan fingerprint density at radius 1 is 1.11 bits per heavy atom. The molecule has 1 aliphatic carbocycles. The summed E-state index contributed by atoms with van der Waals surface area (Å²) in [5.41, 5.74) is 1.62. The molecule has 4 rings (SSSR count). The molecule has 1 amide bonds. The summed E-state index contributed by atoms with van der Waals surface area (Å²) in [6.07, 6.45) is 8.25. The lowest BCUT2D eigenvalue weighted by molar-refractivity contribution is 0.102. The van der Waals surface area contributed by atoms with E-state index in [2.05, 4.69) is 47.6 Å². The number of anilines is 3. The maximum atomic E-state index is 12.5. The maximum Gasteiger partial charge on any atom is 0.255 e. The van der Waals surface area contributed by atoms with Crippen LogP contribution in [0.3, 0.4) is 0 Å². The predicted molar refractivity (Wildman–Crippen MR) is 108 cm³/mol. The Balaban J connectivity index is 1.46. The van der Waals surface area contributed by atoms with Crippen molar-refractivity contribution in [2.75, 3.05) is 10.6 Å². The molecule has 0 bridgehead atoms. The highest BCUT2D eigenvalue weighted by Crippen LogP contribution is 2.47. The smallest absolute Gasteiger partial charge is 0.255 e. The molecule has 0 radical (unpaired) electrons. The van der Waals surface area contributed by atoms with Gasteiger partial charge in [-0.3, -0.25) is 9.78 Å². The van der Waals surface area contributed by atoms with Crippen LogP contribution < -0.4 is 10.6 Å². The number of rotatable bonds is 5. The number of pyridine rings is 3. The van der Waals surface area contributed by atoms with Crippen LogP contribution in [0.2, 0.25) is 0 Å². The van der Waals surface area contributed by atoms with Crippen LogP contribution in [0.4, 0.5) is 17.3 Å². The zero-order valence-corrected chi connectivity index (χ0v) is 16.3. The van der Waals surface area contributed by atoms with Gasteiger partial charge >= 0.3 is 0 Å². The molecule has 1 saturated carbocycles. The standard InChI is InChI=1S/C20H15BrN6O/c21-15-8-16(11-23-10-15)26-19(28)13-3-6-24-18(7-13)27-17-2-1-14(9-25-17)20(12-22)4-5-20/h1-3,6-11H,4-5H2,(H,26,28)(H,24,25,27). The minimum atomic E-state index is -0.358. The van der Waals surface area contributed by atoms with Crippen molar-refractivity contribution in [3.8, 4) is 6.07 Å². The first-order chi connectivity index (χ1) is 13.6. The van der Waals surface area contributed by atoms with Crippen molar-refractivity contribution in [1.82, 2.24) is 15.0 Å². The SMILES string of the molecule is N#CC1(c2ccc(Nc3cc(C(=O)Nc4cncc(Br)c4)ccn3)nc2)CC1. The molecule has 138 valence electrons. The number of amides is 1. The lowest BCUT2D eigenvalue weighted by atomic mass is 10.0. The molecule has 3 aromatic heterocycles. The summed E-state index contributed by atoms with van der Waals surface area (Å²) >= 11 is 3.32. The van der Waals surface area contributed by atoms with Crippen LogP contribution in [0.5, 0.6) is 0 Å². The third-order valence-electron chi connectivity index (χ3n) is 4.52. The highest BCUT2D eigenvalue weighted by molar-refractivity contribution is 9.10. The monoisotopic (exact) mass is 434 g/mol. The van der Waals surface area contributed by atoms with E-state index in [1.165, 1.54) is 0 Å². The van der Waals surface area contributed by atoms with Crippen molar-refractivity contribution in [3.05, 3.63) is 70.7 Å². The fourth-order valence-corrected chi connectivity index (χ4v) is 3.16. The zero-order chi connectivity index (χ0) is 19.6. The highest BCUT2D eigenvalue weighted by Gasteiger charge is 2.45. The summed E-state index contributed by atoms with van der Waals surface area (Å²) < 4.78 is 0.779. The van der Waals surface area contributed by atoms with E-state index >= 15 is 0 Å². The van der Waals surface area contributed by atoms with E-state index in [-0.39, 0.29) is 11.3 Å². The summed E-state index contributed by atoms with van der Waals surface area (Å²) in [5, 5.41) is 15.1. The fraction of sp³-hybridized carbons (Fsp3) is 0.150. The molecule has 0 unspecified atom stereocenters. The number of nitrogens with zero attached hydrogens (tertiary/aromatic N) is 4. The first kappa shape index (κ1) is 18.1. The van der Waals surface area contributed by atoms with Gasteiger partial charge in [-0.1, -0.05) is 6.07 Å². The van der Waals surface area contributed by atoms with E-state index < -0.39 is 0 Å². The number of hydrogen-bond donors (Lipinski definition) is 2. The predicted octanol–water partition coefficient (Wildman–Crippen LogP) is 4.19. The molecular weight excluding hydrogens is 420 g/mol. The van der Waals surface area contributed by atoms with E-state index in [4.69, 9.17) is 0 Å². The number of aromatic nitrogens is 3. The molecular formula is C20H15BrN6O. The summed E-state index contributed by atoms with van der Waals surface area (Å²) in [6.45, 7) is 0. The van der Waals surface area contributed by atoms with Gasteiger partial charge in [-0.05, 0) is 58.6 Å². The van der Waals surface area contributed by atoms with Gasteiger partial charge in [-0.25, -0.2) is 9.97 Å². The van der Waals surface area contributed by atoms with Gasteiger partial charge in [-0.15, -0.1) is 0 Å². The molecule has 1 fully saturated rings. The summed E-state index contributed by atoms with van der Waals surface area (Å²) in [5.74, 6) is 0.832. The van der Waals surface area contributed by atoms with Gasteiger partial charge in [0.1, 0.15) is 11.6 Å². The van der Waals surface area contributed by atoms with Crippen LogP contribution in [-0.4, -0.2) is 20.9 Å². The third-order valence-corrected chi connectivity index (χ3v) is 4.95. The molecule has 0 atom stereocenters. The van der Waals surface area contributed by atoms with Crippen LogP contribution in [0.25, 0.3) is 0 Å². The molecule has 1 aliphatic rings. The van der Waals surface area contributed by atoms with Crippen LogP contribution >= 0.6 is 15.9 Å². The number of nitriles is 1. The molecule has 2 N–H and O–H groups in total. The summed E-state index contributed by atoms with van der Waals surface area (Å²) in [4.78, 5) is 25.1. The Morgan fingerprint density at radius 2 is 1.96 bits per heavy atom. The minimum Gasteiger partial charge on any atom is -0.325 e. The molecule has 0 aromatic carbocycles. The lowest BCUT2D eigenvalue weighted by Gasteiger charge is -2.09. The Morgan fingerprint density at radius 3 is 2.64 bits per heavy atom. The lowest BCUT2D eigenvalue weighted by Crippen LogP contribution is -2.12. The van der Waals surface area contributed by atoms with E-state index in [9.17, 15) is 10.1 Å². The highest BCUT2D eigenvalue weighted by atomic mass is 79.9. The van der Waals surface area contributed by atoms with Crippen molar-refractivity contribution in [1.29, 1.82) is 5.26 Å². The fourth-order valence-electron chi connectivity index (χ4n) is 2.80. The van der Waals surface area contributed by atoms with Gasteiger partial charge in [0, 0.05) is 28.6 Å². The number of carbonyl (C=O) groups excluding carboxylic acids is 1. The molecule has 3 aromatic rings. The van der Waals surface area contributed by atoms with E-state index in [0.29, 0.717) is 22.9 Å². The average Bonchev–Trinajstić information content (AvgIpc) is 3.50. The number of halogens is 1. The number of hydrogen-bond acceptors (Lipinski definition) is 6. The van der Waals surface area contributed by atoms with Gasteiger partial charge < -0.3 is 10.6 Å². The van der Waals surface area contributed by atoms with Crippen molar-refractivity contribution in [2.24, 2.45) is 0 Å². The second-order valence-corrected chi connectivity index (χ2v) is 7.44. The summed E-state index contributed by atoms with van der Waals surface area (Å²) in [7, 11) is 0. The number of carbonyl (C=O) groups is 1. The molecule has 0 saturated heterocycles. The topological polar surface area (TPSA) is 104 Å². The van der Waals surface area contributed by atoms with Crippen LogP contribution in [0, 0.1) is 11.3 Å². The Kier molecular flexibility index (Phi) is 4.75. The van der Waals surface area contributed by atoms with E-state index in [0.717, 1.165) is 22.9 Å². The van der Waals surface area contributed by atoms with Gasteiger partial charge in [0.05, 0.1) is 23.4 Å². The van der Waals surface area contributed by atoms with Crippen molar-refractivity contribution < 1.29 is 4.79 Å². The van der Waals surface area contributed by atoms with E-state index in [1.54, 1.807) is 43.0 Å². The Hall–Kier alpha value is -3.31. The maximum absolute atomic E-state index is 12.5. The van der Waals surface area contributed by atoms with Crippen molar-refractivity contribution >= 4 is 39.2 Å². The normalized spacial score (nSPS) is 14.0. The largest absolute Gasteiger partial charge is 0.325 e. The zero-order valence-electron chi connectivity index (χ0n) is 14.7. The molecule has 28 heavy (non-hydrogen) atoms. The second kappa shape index (κ2) is 7.37. The molecule has 7 nitrogen and oxygen atoms in total. The van der Waals surface area contributed by atoms with Crippen molar-refractivity contribution in [2.45, 2.75) is 18.3 Å². The van der Waals surface area contributed by atoms with Crippen LogP contribution in [0.15, 0.2) is 59.6 Å². The third kappa shape index (κ3) is 3.85. The minimum absolute atomic E-state index is 0.265. The molecule has 0 aliphatic heterocycles. The van der Waals surface area contributed by atoms with Gasteiger partial charge in [0.15, 0.2) is 0 Å². The van der Waals surface area contributed by atoms with Gasteiger partial charge in [0.25, 0.3) is 5.91 Å². The van der Waals surface area contributed by atoms with Gasteiger partial charge in [0.2, 0.25) is 0 Å². The van der Waals surface area contributed by atoms with Gasteiger partial charge in [-0.2, -0.15) is 5.26 Å². The van der Waals surface area contributed by atoms with Crippen molar-refractivity contribution in [3.63, 3.8) is 0 Å². The second-order valence-electron chi connectivity index (χ2n) is 6.53. The summed E-state index contributed by atoms with van der Waals surface area (Å²) in [6, 6.07) is 11.1. The molecule has 3 heterocycles. The first-order valence-electron chi connectivity index (χ1n) is 8.61. The van der Waals surface area contributed by atoms with E-state index in [1.807, 2.05) is 12.1 Å². The molecule has 0 spiro atoms. The first-order valence-corrected chi connectivity index (χ1v) is 9.40. The Bertz CT molecular complexity index is 1070.